The molecule has 0 saturated carbocycles. The van der Waals surface area contributed by atoms with Gasteiger partial charge in [-0.05, 0) is 37.1 Å². The molecule has 0 saturated heterocycles. The normalized spacial score (nSPS) is 11.1. The van der Waals surface area contributed by atoms with E-state index in [1.54, 1.807) is 0 Å². The van der Waals surface area contributed by atoms with Gasteiger partial charge in [0.2, 0.25) is 0 Å². The molecule has 0 aliphatic carbocycles. The number of hydrogen-bond acceptors (Lipinski definition) is 3. The maximum atomic E-state index is 10.4. The molecule has 0 amide bonds. The lowest BCUT2D eigenvalue weighted by Crippen LogP contribution is -2.24. The first-order valence-corrected chi connectivity index (χ1v) is 7.12. The standard InChI is InChI=1S/C16H25NO3/c1-13(2)14-5-7-15(8-6-14)20-12-4-10-17(3)11-9-16(18)19/h5-8,13H,4,9-12H2,1-3H3,(H,18,19). The number of carboxylic acids is 1. The van der Waals surface area contributed by atoms with Crippen LogP contribution in [0.15, 0.2) is 24.3 Å². The Morgan fingerprint density at radius 1 is 1.25 bits per heavy atom. The summed E-state index contributed by atoms with van der Waals surface area (Å²) in [5, 5.41) is 8.59. The van der Waals surface area contributed by atoms with Crippen LogP contribution in [0.4, 0.5) is 0 Å². The van der Waals surface area contributed by atoms with Crippen LogP contribution >= 0.6 is 0 Å². The molecule has 112 valence electrons. The summed E-state index contributed by atoms with van der Waals surface area (Å²) in [6.07, 6.45) is 1.08. The summed E-state index contributed by atoms with van der Waals surface area (Å²) in [7, 11) is 1.93. The van der Waals surface area contributed by atoms with Crippen molar-refractivity contribution in [2.24, 2.45) is 0 Å². The maximum absolute atomic E-state index is 10.4. The molecule has 1 rings (SSSR count). The molecule has 1 aromatic carbocycles. The molecule has 0 heterocycles. The van der Waals surface area contributed by atoms with Crippen LogP contribution in [0, 0.1) is 0 Å². The molecule has 1 N–H and O–H groups in total. The minimum absolute atomic E-state index is 0.189. The average Bonchev–Trinajstić information content (AvgIpc) is 2.42. The number of nitrogens with zero attached hydrogens (tertiary/aromatic N) is 1. The number of carbonyl (C=O) groups is 1. The molecule has 4 heteroatoms. The third kappa shape index (κ3) is 6.57. The Balaban J connectivity index is 2.19. The first kappa shape index (κ1) is 16.5. The summed E-state index contributed by atoms with van der Waals surface area (Å²) < 4.78 is 5.67. The van der Waals surface area contributed by atoms with Crippen molar-refractivity contribution < 1.29 is 14.6 Å². The van der Waals surface area contributed by atoms with Crippen molar-refractivity contribution in [2.45, 2.75) is 32.6 Å². The lowest BCUT2D eigenvalue weighted by molar-refractivity contribution is -0.137. The van der Waals surface area contributed by atoms with E-state index in [1.807, 2.05) is 24.1 Å². The quantitative estimate of drug-likeness (QED) is 0.706. The van der Waals surface area contributed by atoms with Crippen LogP contribution in [0.2, 0.25) is 0 Å². The molecule has 0 aliphatic rings. The first-order chi connectivity index (χ1) is 9.49. The van der Waals surface area contributed by atoms with Gasteiger partial charge in [-0.2, -0.15) is 0 Å². The second-order valence-electron chi connectivity index (χ2n) is 5.37. The third-order valence-corrected chi connectivity index (χ3v) is 3.21. The van der Waals surface area contributed by atoms with E-state index in [0.717, 1.165) is 18.7 Å². The molecular weight excluding hydrogens is 254 g/mol. The number of rotatable bonds is 9. The smallest absolute Gasteiger partial charge is 0.304 e. The van der Waals surface area contributed by atoms with Crippen molar-refractivity contribution in [3.8, 4) is 5.75 Å². The van der Waals surface area contributed by atoms with Crippen LogP contribution in [0.25, 0.3) is 0 Å². The molecule has 0 aliphatic heterocycles. The SMILES string of the molecule is CC(C)c1ccc(OCCCN(C)CCC(=O)O)cc1. The van der Waals surface area contributed by atoms with Crippen molar-refractivity contribution in [2.75, 3.05) is 26.7 Å². The van der Waals surface area contributed by atoms with Crippen LogP contribution in [0.3, 0.4) is 0 Å². The van der Waals surface area contributed by atoms with Crippen molar-refractivity contribution in [3.05, 3.63) is 29.8 Å². The van der Waals surface area contributed by atoms with Gasteiger partial charge in [0.1, 0.15) is 5.75 Å². The molecule has 0 radical (unpaired) electrons. The summed E-state index contributed by atoms with van der Waals surface area (Å²) in [6.45, 7) is 6.42. The molecule has 0 unspecified atom stereocenters. The highest BCUT2D eigenvalue weighted by Crippen LogP contribution is 2.18. The lowest BCUT2D eigenvalue weighted by atomic mass is 10.0. The average molecular weight is 279 g/mol. The van der Waals surface area contributed by atoms with Crippen molar-refractivity contribution in [1.29, 1.82) is 0 Å². The lowest BCUT2D eigenvalue weighted by Gasteiger charge is -2.15. The molecular formula is C16H25NO3. The second kappa shape index (κ2) is 8.59. The molecule has 0 bridgehead atoms. The first-order valence-electron chi connectivity index (χ1n) is 7.12. The fourth-order valence-corrected chi connectivity index (χ4v) is 1.87. The van der Waals surface area contributed by atoms with Gasteiger partial charge in [-0.15, -0.1) is 0 Å². The molecule has 0 spiro atoms. The van der Waals surface area contributed by atoms with Crippen LogP contribution in [0.5, 0.6) is 5.75 Å². The van der Waals surface area contributed by atoms with Gasteiger partial charge in [-0.25, -0.2) is 0 Å². The van der Waals surface area contributed by atoms with Gasteiger partial charge in [0.25, 0.3) is 0 Å². The molecule has 0 atom stereocenters. The fourth-order valence-electron chi connectivity index (χ4n) is 1.87. The van der Waals surface area contributed by atoms with E-state index in [-0.39, 0.29) is 6.42 Å². The zero-order chi connectivity index (χ0) is 15.0. The zero-order valence-electron chi connectivity index (χ0n) is 12.6. The summed E-state index contributed by atoms with van der Waals surface area (Å²) in [4.78, 5) is 12.5. The van der Waals surface area contributed by atoms with Crippen LogP contribution in [-0.4, -0.2) is 42.7 Å². The van der Waals surface area contributed by atoms with E-state index in [2.05, 4.69) is 26.0 Å². The highest BCUT2D eigenvalue weighted by Gasteiger charge is 2.03. The van der Waals surface area contributed by atoms with E-state index in [4.69, 9.17) is 9.84 Å². The van der Waals surface area contributed by atoms with Gasteiger partial charge in [0, 0.05) is 13.1 Å². The Morgan fingerprint density at radius 3 is 2.45 bits per heavy atom. The molecule has 0 fully saturated rings. The number of aliphatic carboxylic acids is 1. The summed E-state index contributed by atoms with van der Waals surface area (Å²) in [5.74, 6) is 0.674. The minimum atomic E-state index is -0.752. The predicted octanol–water partition coefficient (Wildman–Crippen LogP) is 2.99. The minimum Gasteiger partial charge on any atom is -0.494 e. The molecule has 0 aromatic heterocycles. The summed E-state index contributed by atoms with van der Waals surface area (Å²) in [5.41, 5.74) is 1.31. The third-order valence-electron chi connectivity index (χ3n) is 3.21. The Labute approximate surface area is 121 Å². The fraction of sp³-hybridized carbons (Fsp3) is 0.562. The van der Waals surface area contributed by atoms with Crippen molar-refractivity contribution >= 4 is 5.97 Å². The molecule has 1 aromatic rings. The van der Waals surface area contributed by atoms with Gasteiger partial charge in [-0.1, -0.05) is 26.0 Å². The van der Waals surface area contributed by atoms with Crippen LogP contribution < -0.4 is 4.74 Å². The van der Waals surface area contributed by atoms with Gasteiger partial charge in [0.05, 0.1) is 13.0 Å². The Kier molecular flexibility index (Phi) is 7.09. The highest BCUT2D eigenvalue weighted by atomic mass is 16.5. The van der Waals surface area contributed by atoms with Crippen LogP contribution in [0.1, 0.15) is 38.2 Å². The monoisotopic (exact) mass is 279 g/mol. The highest BCUT2D eigenvalue weighted by molar-refractivity contribution is 5.66. The van der Waals surface area contributed by atoms with E-state index in [1.165, 1.54) is 5.56 Å². The maximum Gasteiger partial charge on any atom is 0.304 e. The Bertz CT molecular complexity index is 401. The Hall–Kier alpha value is -1.55. The number of hydrogen-bond donors (Lipinski definition) is 1. The number of ether oxygens (including phenoxy) is 1. The zero-order valence-corrected chi connectivity index (χ0v) is 12.6. The van der Waals surface area contributed by atoms with Crippen molar-refractivity contribution in [3.63, 3.8) is 0 Å². The van der Waals surface area contributed by atoms with Gasteiger partial charge in [0.15, 0.2) is 0 Å². The summed E-state index contributed by atoms with van der Waals surface area (Å²) in [6, 6.07) is 8.20. The van der Waals surface area contributed by atoms with E-state index in [9.17, 15) is 4.79 Å². The number of carboxylic acid groups (broad SMARTS) is 1. The second-order valence-corrected chi connectivity index (χ2v) is 5.37. The van der Waals surface area contributed by atoms with E-state index >= 15 is 0 Å². The van der Waals surface area contributed by atoms with Crippen molar-refractivity contribution in [1.82, 2.24) is 4.90 Å². The Morgan fingerprint density at radius 2 is 1.90 bits per heavy atom. The molecule has 20 heavy (non-hydrogen) atoms. The van der Waals surface area contributed by atoms with E-state index < -0.39 is 5.97 Å². The van der Waals surface area contributed by atoms with Crippen LogP contribution in [-0.2, 0) is 4.79 Å². The number of benzene rings is 1. The molecule has 4 nitrogen and oxygen atoms in total. The predicted molar refractivity (Wildman–Crippen MR) is 80.4 cm³/mol. The summed E-state index contributed by atoms with van der Waals surface area (Å²) >= 11 is 0. The van der Waals surface area contributed by atoms with Gasteiger partial charge < -0.3 is 14.7 Å². The largest absolute Gasteiger partial charge is 0.494 e. The van der Waals surface area contributed by atoms with E-state index in [0.29, 0.717) is 19.1 Å². The van der Waals surface area contributed by atoms with Gasteiger partial charge >= 0.3 is 5.97 Å². The van der Waals surface area contributed by atoms with Gasteiger partial charge in [-0.3, -0.25) is 4.79 Å². The topological polar surface area (TPSA) is 49.8 Å².